The zero-order valence-electron chi connectivity index (χ0n) is 12.1. The molecule has 0 amide bonds. The molecule has 0 atom stereocenters. The maximum atomic E-state index is 5.70. The normalized spacial score (nSPS) is 13.9. The highest BCUT2D eigenvalue weighted by atomic mass is 79.9. The van der Waals surface area contributed by atoms with Gasteiger partial charge in [-0.15, -0.1) is 0 Å². The molecule has 0 aliphatic carbocycles. The van der Waals surface area contributed by atoms with Gasteiger partial charge in [0, 0.05) is 25.5 Å². The van der Waals surface area contributed by atoms with Gasteiger partial charge in [0.2, 0.25) is 5.95 Å². The summed E-state index contributed by atoms with van der Waals surface area (Å²) in [7, 11) is 0. The Kier molecular flexibility index (Phi) is 4.39. The number of ether oxygens (including phenoxy) is 1. The van der Waals surface area contributed by atoms with Crippen LogP contribution in [0.3, 0.4) is 0 Å². The molecule has 0 unspecified atom stereocenters. The first-order chi connectivity index (χ1) is 10.3. The highest BCUT2D eigenvalue weighted by molar-refractivity contribution is 9.10. The Hall–Kier alpha value is -1.62. The van der Waals surface area contributed by atoms with E-state index in [-0.39, 0.29) is 0 Å². The van der Waals surface area contributed by atoms with Gasteiger partial charge in [-0.25, -0.2) is 9.97 Å². The van der Waals surface area contributed by atoms with E-state index in [9.17, 15) is 0 Å². The van der Waals surface area contributed by atoms with Gasteiger partial charge in [-0.2, -0.15) is 0 Å². The fraction of sp³-hybridized carbons (Fsp3) is 0.375. The lowest BCUT2D eigenvalue weighted by atomic mass is 10.00. The molecule has 1 aliphatic heterocycles. The number of anilines is 1. The van der Waals surface area contributed by atoms with E-state index in [1.54, 1.807) is 12.4 Å². The zero-order valence-corrected chi connectivity index (χ0v) is 13.6. The van der Waals surface area contributed by atoms with Crippen molar-refractivity contribution in [1.82, 2.24) is 9.97 Å². The Labute approximate surface area is 133 Å². The molecule has 3 rings (SSSR count). The van der Waals surface area contributed by atoms with Crippen molar-refractivity contribution in [3.05, 3.63) is 46.2 Å². The van der Waals surface area contributed by atoms with Crippen LogP contribution in [0.25, 0.3) is 0 Å². The van der Waals surface area contributed by atoms with Crippen molar-refractivity contribution >= 4 is 21.9 Å². The van der Waals surface area contributed by atoms with Gasteiger partial charge >= 0.3 is 0 Å². The average Bonchev–Trinajstić information content (AvgIpc) is 2.53. The summed E-state index contributed by atoms with van der Waals surface area (Å²) < 4.78 is 6.61. The monoisotopic (exact) mass is 347 g/mol. The molecule has 2 heterocycles. The van der Waals surface area contributed by atoms with Crippen LogP contribution in [0.2, 0.25) is 0 Å². The zero-order chi connectivity index (χ0) is 14.7. The minimum absolute atomic E-state index is 0.775. The maximum absolute atomic E-state index is 5.70. The highest BCUT2D eigenvalue weighted by Gasteiger charge is 2.18. The number of aromatic nitrogens is 2. The van der Waals surface area contributed by atoms with Crippen molar-refractivity contribution in [2.75, 3.05) is 18.1 Å². The molecule has 0 saturated carbocycles. The summed E-state index contributed by atoms with van der Waals surface area (Å²) in [5, 5.41) is 0. The van der Waals surface area contributed by atoms with Crippen LogP contribution in [0.4, 0.5) is 5.95 Å². The molecule has 0 N–H and O–H groups in total. The van der Waals surface area contributed by atoms with Crippen molar-refractivity contribution < 1.29 is 4.74 Å². The lowest BCUT2D eigenvalue weighted by molar-refractivity contribution is 0.317. The van der Waals surface area contributed by atoms with Crippen molar-refractivity contribution in [1.29, 1.82) is 0 Å². The smallest absolute Gasteiger partial charge is 0.225 e. The molecule has 0 radical (unpaired) electrons. The Morgan fingerprint density at radius 2 is 2.05 bits per heavy atom. The molecule has 5 heteroatoms. The Balaban J connectivity index is 1.75. The highest BCUT2D eigenvalue weighted by Crippen LogP contribution is 2.26. The van der Waals surface area contributed by atoms with E-state index in [2.05, 4.69) is 55.9 Å². The van der Waals surface area contributed by atoms with Gasteiger partial charge in [0.1, 0.15) is 5.75 Å². The summed E-state index contributed by atoms with van der Waals surface area (Å²) in [4.78, 5) is 11.0. The number of halogens is 1. The number of benzene rings is 1. The number of hydrogen-bond donors (Lipinski definition) is 0. The summed E-state index contributed by atoms with van der Waals surface area (Å²) in [6.45, 7) is 4.68. The lowest BCUT2D eigenvalue weighted by Gasteiger charge is -2.29. The molecular weight excluding hydrogens is 330 g/mol. The van der Waals surface area contributed by atoms with E-state index < -0.39 is 0 Å². The van der Waals surface area contributed by atoms with Crippen molar-refractivity contribution in [2.24, 2.45) is 0 Å². The van der Waals surface area contributed by atoms with Crippen LogP contribution in [0.5, 0.6) is 5.75 Å². The quantitative estimate of drug-likeness (QED) is 0.846. The van der Waals surface area contributed by atoms with Gasteiger partial charge in [-0.3, -0.25) is 0 Å². The van der Waals surface area contributed by atoms with Crippen LogP contribution in [0.15, 0.2) is 35.1 Å². The third-order valence-corrected chi connectivity index (χ3v) is 3.96. The van der Waals surface area contributed by atoms with Crippen LogP contribution in [0, 0.1) is 0 Å². The van der Waals surface area contributed by atoms with Gasteiger partial charge in [0.05, 0.1) is 11.1 Å². The molecule has 0 saturated heterocycles. The third-order valence-electron chi connectivity index (χ3n) is 3.55. The van der Waals surface area contributed by atoms with Gasteiger partial charge in [0.15, 0.2) is 0 Å². The Bertz CT molecular complexity index is 615. The largest absolute Gasteiger partial charge is 0.494 e. The van der Waals surface area contributed by atoms with E-state index in [0.29, 0.717) is 0 Å². The van der Waals surface area contributed by atoms with Gasteiger partial charge in [-0.1, -0.05) is 13.0 Å². The molecule has 4 nitrogen and oxygen atoms in total. The first-order valence-electron chi connectivity index (χ1n) is 7.23. The van der Waals surface area contributed by atoms with E-state index in [1.165, 1.54) is 11.1 Å². The van der Waals surface area contributed by atoms with Crippen molar-refractivity contribution in [3.8, 4) is 5.75 Å². The summed E-state index contributed by atoms with van der Waals surface area (Å²) >= 11 is 3.37. The summed E-state index contributed by atoms with van der Waals surface area (Å²) in [6, 6.07) is 6.39. The number of hydrogen-bond acceptors (Lipinski definition) is 4. The predicted octanol–water partition coefficient (Wildman–Crippen LogP) is 3.59. The second-order valence-corrected chi connectivity index (χ2v) is 6.07. The SMILES string of the molecule is CCCOc1ccc2c(c1)CCN(c1ncc(Br)cn1)C2. The van der Waals surface area contributed by atoms with E-state index >= 15 is 0 Å². The minimum atomic E-state index is 0.775. The summed E-state index contributed by atoms with van der Waals surface area (Å²) in [6.07, 6.45) is 5.61. The average molecular weight is 348 g/mol. The van der Waals surface area contributed by atoms with Crippen LogP contribution in [0.1, 0.15) is 24.5 Å². The number of fused-ring (bicyclic) bond motifs is 1. The molecule has 1 aliphatic rings. The Morgan fingerprint density at radius 1 is 1.24 bits per heavy atom. The molecule has 2 aromatic rings. The molecule has 0 spiro atoms. The summed E-state index contributed by atoms with van der Waals surface area (Å²) in [5.41, 5.74) is 2.70. The number of rotatable bonds is 4. The molecule has 0 fully saturated rings. The lowest BCUT2D eigenvalue weighted by Crippen LogP contribution is -2.31. The maximum Gasteiger partial charge on any atom is 0.225 e. The standard InChI is InChI=1S/C16H18BrN3O/c1-2-7-21-15-4-3-13-11-20(6-5-12(13)8-15)16-18-9-14(17)10-19-16/h3-4,8-10H,2,5-7,11H2,1H3. The van der Waals surface area contributed by atoms with Crippen LogP contribution in [-0.2, 0) is 13.0 Å². The Morgan fingerprint density at radius 3 is 2.81 bits per heavy atom. The van der Waals surface area contributed by atoms with E-state index in [4.69, 9.17) is 4.74 Å². The molecule has 1 aromatic carbocycles. The van der Waals surface area contributed by atoms with Crippen LogP contribution >= 0.6 is 15.9 Å². The molecule has 0 bridgehead atoms. The van der Waals surface area contributed by atoms with Gasteiger partial charge < -0.3 is 9.64 Å². The molecule has 110 valence electrons. The topological polar surface area (TPSA) is 38.2 Å². The second-order valence-electron chi connectivity index (χ2n) is 5.15. The van der Waals surface area contributed by atoms with E-state index in [0.717, 1.165) is 48.7 Å². The molecule has 1 aromatic heterocycles. The summed E-state index contributed by atoms with van der Waals surface area (Å²) in [5.74, 6) is 1.76. The molecule has 21 heavy (non-hydrogen) atoms. The third kappa shape index (κ3) is 3.35. The molecular formula is C16H18BrN3O. The fourth-order valence-corrected chi connectivity index (χ4v) is 2.68. The predicted molar refractivity (Wildman–Crippen MR) is 86.7 cm³/mol. The van der Waals surface area contributed by atoms with E-state index in [1.807, 2.05) is 0 Å². The van der Waals surface area contributed by atoms with Crippen LogP contribution < -0.4 is 9.64 Å². The van der Waals surface area contributed by atoms with Crippen molar-refractivity contribution in [3.63, 3.8) is 0 Å². The first-order valence-corrected chi connectivity index (χ1v) is 8.02. The van der Waals surface area contributed by atoms with Crippen molar-refractivity contribution in [2.45, 2.75) is 26.3 Å². The van der Waals surface area contributed by atoms with Crippen LogP contribution in [-0.4, -0.2) is 23.1 Å². The van der Waals surface area contributed by atoms with Gasteiger partial charge in [0.25, 0.3) is 0 Å². The second kappa shape index (κ2) is 6.43. The minimum Gasteiger partial charge on any atom is -0.494 e. The van der Waals surface area contributed by atoms with Gasteiger partial charge in [-0.05, 0) is 52.0 Å². The first kappa shape index (κ1) is 14.3. The number of nitrogens with zero attached hydrogens (tertiary/aromatic N) is 3. The fourth-order valence-electron chi connectivity index (χ4n) is 2.48.